The molecule has 5 rings (SSSR count). The Bertz CT molecular complexity index is 1540. The molecule has 4 aromatic rings. The normalized spacial score (nSPS) is 15.1. The van der Waals surface area contributed by atoms with E-state index < -0.39 is 23.8 Å². The van der Waals surface area contributed by atoms with Crippen LogP contribution in [-0.4, -0.2) is 38.3 Å². The van der Waals surface area contributed by atoms with Crippen molar-refractivity contribution in [3.05, 3.63) is 81.0 Å². The van der Waals surface area contributed by atoms with Gasteiger partial charge in [-0.1, -0.05) is 37.3 Å². The summed E-state index contributed by atoms with van der Waals surface area (Å²) in [6, 6.07) is 16.8. The third-order valence-electron chi connectivity index (χ3n) is 6.36. The number of carbonyl (C=O) groups is 1. The Morgan fingerprint density at radius 2 is 1.78 bits per heavy atom. The second-order valence-corrected chi connectivity index (χ2v) is 8.99. The number of benzene rings is 2. The minimum atomic E-state index is -0.663. The molecular formula is C26H27N5O5. The zero-order valence-corrected chi connectivity index (χ0v) is 20.4. The van der Waals surface area contributed by atoms with E-state index in [-0.39, 0.29) is 23.7 Å². The van der Waals surface area contributed by atoms with E-state index in [2.05, 4.69) is 6.92 Å². The van der Waals surface area contributed by atoms with Gasteiger partial charge in [-0.3, -0.25) is 14.2 Å². The smallest absolute Gasteiger partial charge is 0.333 e. The molecule has 0 aliphatic carbocycles. The number of anilines is 2. The van der Waals surface area contributed by atoms with Crippen LogP contribution in [0.15, 0.2) is 64.2 Å². The quantitative estimate of drug-likeness (QED) is 0.384. The van der Waals surface area contributed by atoms with Crippen molar-refractivity contribution in [2.45, 2.75) is 26.6 Å². The molecule has 3 heterocycles. The van der Waals surface area contributed by atoms with Gasteiger partial charge in [-0.05, 0) is 35.7 Å². The Balaban J connectivity index is 1.53. The van der Waals surface area contributed by atoms with Gasteiger partial charge >= 0.3 is 11.7 Å². The van der Waals surface area contributed by atoms with Gasteiger partial charge in [0.2, 0.25) is 5.95 Å². The minimum absolute atomic E-state index is 0.0629. The Labute approximate surface area is 206 Å². The van der Waals surface area contributed by atoms with Gasteiger partial charge in [0, 0.05) is 25.8 Å². The van der Waals surface area contributed by atoms with Gasteiger partial charge < -0.3 is 18.9 Å². The van der Waals surface area contributed by atoms with Gasteiger partial charge in [-0.15, -0.1) is 0 Å². The highest BCUT2D eigenvalue weighted by molar-refractivity contribution is 5.77. The molecule has 1 aliphatic heterocycles. The molecule has 10 heteroatoms. The molecule has 1 atom stereocenters. The van der Waals surface area contributed by atoms with Crippen LogP contribution in [-0.2, 0) is 36.3 Å². The van der Waals surface area contributed by atoms with Crippen molar-refractivity contribution in [3.63, 3.8) is 0 Å². The summed E-state index contributed by atoms with van der Waals surface area (Å²) >= 11 is 0. The first-order valence-electron chi connectivity index (χ1n) is 11.7. The highest BCUT2D eigenvalue weighted by Gasteiger charge is 2.30. The third kappa shape index (κ3) is 4.15. The lowest BCUT2D eigenvalue weighted by Crippen LogP contribution is -2.42. The fraction of sp³-hybridized carbons (Fsp3) is 0.308. The van der Waals surface area contributed by atoms with Crippen molar-refractivity contribution in [2.75, 3.05) is 18.6 Å². The van der Waals surface area contributed by atoms with Crippen LogP contribution in [0.5, 0.6) is 5.75 Å². The van der Waals surface area contributed by atoms with E-state index in [0.717, 1.165) is 21.6 Å². The highest BCUT2D eigenvalue weighted by Crippen LogP contribution is 2.33. The molecule has 186 valence electrons. The van der Waals surface area contributed by atoms with E-state index in [9.17, 15) is 14.4 Å². The number of nitrogens with zero attached hydrogens (tertiary/aromatic N) is 5. The van der Waals surface area contributed by atoms with Gasteiger partial charge in [0.1, 0.15) is 18.9 Å². The standard InChI is InChI=1S/C26H27N5O5/c1-17-13-29(19-9-11-20(35-3)12-10-19)25-27-23-22(30(25)14-17)24(33)31(26(34)28(23)2)15-21(32)36-16-18-7-5-4-6-8-18/h4-12,17H,13-16H2,1-3H3/t17-/m0/s1. The lowest BCUT2D eigenvalue weighted by Gasteiger charge is -2.33. The minimum Gasteiger partial charge on any atom is -0.497 e. The molecule has 10 nitrogen and oxygen atoms in total. The summed E-state index contributed by atoms with van der Waals surface area (Å²) in [5.41, 5.74) is 1.10. The summed E-state index contributed by atoms with van der Waals surface area (Å²) in [7, 11) is 3.16. The molecule has 1 aliphatic rings. The molecule has 0 spiro atoms. The number of methoxy groups -OCH3 is 1. The van der Waals surface area contributed by atoms with Crippen molar-refractivity contribution in [2.24, 2.45) is 13.0 Å². The van der Waals surface area contributed by atoms with Crippen LogP contribution in [0.1, 0.15) is 12.5 Å². The lowest BCUT2D eigenvalue weighted by atomic mass is 10.1. The fourth-order valence-electron chi connectivity index (χ4n) is 4.54. The first kappa shape index (κ1) is 23.4. The van der Waals surface area contributed by atoms with Crippen molar-refractivity contribution in [3.8, 4) is 5.75 Å². The Hall–Kier alpha value is -4.34. The number of aryl methyl sites for hydroxylation is 1. The number of hydrogen-bond donors (Lipinski definition) is 0. The van der Waals surface area contributed by atoms with E-state index in [1.807, 2.05) is 64.1 Å². The Morgan fingerprint density at radius 3 is 2.47 bits per heavy atom. The topological polar surface area (TPSA) is 101 Å². The number of hydrogen-bond acceptors (Lipinski definition) is 7. The van der Waals surface area contributed by atoms with Gasteiger partial charge in [0.05, 0.1) is 7.11 Å². The number of imidazole rings is 1. The summed E-state index contributed by atoms with van der Waals surface area (Å²) < 4.78 is 14.6. The largest absolute Gasteiger partial charge is 0.497 e. The number of ether oxygens (including phenoxy) is 2. The third-order valence-corrected chi connectivity index (χ3v) is 6.36. The molecule has 0 unspecified atom stereocenters. The molecule has 0 saturated carbocycles. The lowest BCUT2D eigenvalue weighted by molar-refractivity contribution is -0.145. The van der Waals surface area contributed by atoms with E-state index in [4.69, 9.17) is 14.5 Å². The van der Waals surface area contributed by atoms with Crippen molar-refractivity contribution >= 4 is 28.8 Å². The maximum absolute atomic E-state index is 13.5. The molecule has 2 aromatic heterocycles. The molecule has 0 bridgehead atoms. The zero-order chi connectivity index (χ0) is 25.4. The van der Waals surface area contributed by atoms with E-state index in [1.165, 1.54) is 4.57 Å². The van der Waals surface area contributed by atoms with Crippen molar-refractivity contribution in [1.29, 1.82) is 0 Å². The first-order valence-corrected chi connectivity index (χ1v) is 11.7. The highest BCUT2D eigenvalue weighted by atomic mass is 16.5. The molecule has 36 heavy (non-hydrogen) atoms. The monoisotopic (exact) mass is 489 g/mol. The van der Waals surface area contributed by atoms with Gasteiger partial charge in [-0.25, -0.2) is 9.36 Å². The van der Waals surface area contributed by atoms with Crippen molar-refractivity contribution in [1.82, 2.24) is 18.7 Å². The summed E-state index contributed by atoms with van der Waals surface area (Å²) in [6.07, 6.45) is 0. The van der Waals surface area contributed by atoms with Crippen molar-refractivity contribution < 1.29 is 14.3 Å². The van der Waals surface area contributed by atoms with Crippen LogP contribution in [0.3, 0.4) is 0 Å². The molecular weight excluding hydrogens is 462 g/mol. The summed E-state index contributed by atoms with van der Waals surface area (Å²) in [4.78, 5) is 45.8. The average molecular weight is 490 g/mol. The van der Waals surface area contributed by atoms with Crippen LogP contribution in [0, 0.1) is 5.92 Å². The summed E-state index contributed by atoms with van der Waals surface area (Å²) in [5, 5.41) is 0. The number of esters is 1. The molecule has 0 amide bonds. The maximum Gasteiger partial charge on any atom is 0.333 e. The maximum atomic E-state index is 13.5. The summed E-state index contributed by atoms with van der Waals surface area (Å²) in [6.45, 7) is 2.93. The number of fused-ring (bicyclic) bond motifs is 3. The van der Waals surface area contributed by atoms with Crippen LogP contribution >= 0.6 is 0 Å². The molecule has 2 aromatic carbocycles. The van der Waals surface area contributed by atoms with Crippen LogP contribution in [0.25, 0.3) is 11.2 Å². The number of aromatic nitrogens is 4. The predicted octanol–water partition coefficient (Wildman–Crippen LogP) is 2.44. The molecule has 0 saturated heterocycles. The fourth-order valence-corrected chi connectivity index (χ4v) is 4.54. The summed E-state index contributed by atoms with van der Waals surface area (Å²) in [5.74, 6) is 0.855. The zero-order valence-electron chi connectivity index (χ0n) is 20.4. The van der Waals surface area contributed by atoms with E-state index in [0.29, 0.717) is 19.0 Å². The van der Waals surface area contributed by atoms with Crippen LogP contribution < -0.4 is 20.9 Å². The van der Waals surface area contributed by atoms with Gasteiger partial charge in [-0.2, -0.15) is 4.98 Å². The Morgan fingerprint density at radius 1 is 1.06 bits per heavy atom. The average Bonchev–Trinajstić information content (AvgIpc) is 3.28. The van der Waals surface area contributed by atoms with Crippen LogP contribution in [0.2, 0.25) is 0 Å². The van der Waals surface area contributed by atoms with Gasteiger partial charge in [0.15, 0.2) is 11.2 Å². The van der Waals surface area contributed by atoms with E-state index >= 15 is 0 Å². The SMILES string of the molecule is COc1ccc(N2C[C@H](C)Cn3c2nc2c3c(=O)n(CC(=O)OCc3ccccc3)c(=O)n2C)cc1. The number of carbonyl (C=O) groups excluding carboxylic acids is 1. The van der Waals surface area contributed by atoms with Gasteiger partial charge in [0.25, 0.3) is 5.56 Å². The second-order valence-electron chi connectivity index (χ2n) is 8.99. The molecule has 0 radical (unpaired) electrons. The first-order chi connectivity index (χ1) is 17.4. The number of rotatable bonds is 6. The predicted molar refractivity (Wildman–Crippen MR) is 135 cm³/mol. The molecule has 0 N–H and O–H groups in total. The Kier molecular flexibility index (Phi) is 6.09. The molecule has 0 fully saturated rings. The van der Waals surface area contributed by atoms with Crippen LogP contribution in [0.4, 0.5) is 11.6 Å². The second kappa shape index (κ2) is 9.37. The van der Waals surface area contributed by atoms with E-state index in [1.54, 1.807) is 14.2 Å².